The number of nitrogens with zero attached hydrogens (tertiary/aromatic N) is 1. The smallest absolute Gasteiger partial charge is 0.329 e. The van der Waals surface area contributed by atoms with Crippen LogP contribution >= 0.6 is 11.6 Å². The van der Waals surface area contributed by atoms with Crippen LogP contribution in [0.2, 0.25) is 5.02 Å². The van der Waals surface area contributed by atoms with E-state index in [1.54, 1.807) is 48.5 Å². The van der Waals surface area contributed by atoms with Crippen molar-refractivity contribution >= 4 is 46.9 Å². The number of halogens is 2. The molecule has 0 saturated heterocycles. The SMILES string of the molecule is CCCCOc1ccc(NC(=O)C(=O)N/N=C\c2cccc(OCC(=O)Nc3ccc(F)c(Cl)c3)c2)cc1. The van der Waals surface area contributed by atoms with Gasteiger partial charge in [0.25, 0.3) is 5.91 Å². The maximum atomic E-state index is 13.2. The lowest BCUT2D eigenvalue weighted by Crippen LogP contribution is -2.32. The number of benzene rings is 3. The molecule has 0 saturated carbocycles. The van der Waals surface area contributed by atoms with Gasteiger partial charge in [0.1, 0.15) is 17.3 Å². The minimum Gasteiger partial charge on any atom is -0.494 e. The molecule has 0 aromatic heterocycles. The van der Waals surface area contributed by atoms with E-state index >= 15 is 0 Å². The van der Waals surface area contributed by atoms with Crippen molar-refractivity contribution < 1.29 is 28.2 Å². The summed E-state index contributed by atoms with van der Waals surface area (Å²) in [6.45, 7) is 2.38. The molecule has 9 nitrogen and oxygen atoms in total. The molecule has 3 N–H and O–H groups in total. The van der Waals surface area contributed by atoms with E-state index in [1.165, 1.54) is 18.3 Å². The summed E-state index contributed by atoms with van der Waals surface area (Å²) in [5.41, 5.74) is 3.47. The van der Waals surface area contributed by atoms with Gasteiger partial charge in [-0.25, -0.2) is 9.82 Å². The normalized spacial score (nSPS) is 10.6. The largest absolute Gasteiger partial charge is 0.494 e. The van der Waals surface area contributed by atoms with Crippen molar-refractivity contribution in [2.75, 3.05) is 23.8 Å². The van der Waals surface area contributed by atoms with Crippen molar-refractivity contribution in [1.82, 2.24) is 5.43 Å². The van der Waals surface area contributed by atoms with Crippen LogP contribution in [-0.4, -0.2) is 37.1 Å². The topological polar surface area (TPSA) is 118 Å². The Balaban J connectivity index is 1.44. The molecule has 198 valence electrons. The van der Waals surface area contributed by atoms with Crippen molar-refractivity contribution in [2.24, 2.45) is 5.10 Å². The Morgan fingerprint density at radius 1 is 0.921 bits per heavy atom. The zero-order chi connectivity index (χ0) is 27.3. The number of anilines is 2. The van der Waals surface area contributed by atoms with Crippen LogP contribution in [0.3, 0.4) is 0 Å². The van der Waals surface area contributed by atoms with E-state index in [-0.39, 0.29) is 11.6 Å². The van der Waals surface area contributed by atoms with Gasteiger partial charge in [-0.05, 0) is 66.6 Å². The van der Waals surface area contributed by atoms with Gasteiger partial charge >= 0.3 is 11.8 Å². The predicted octanol–water partition coefficient (Wildman–Crippen LogP) is 4.76. The van der Waals surface area contributed by atoms with E-state index in [9.17, 15) is 18.8 Å². The summed E-state index contributed by atoms with van der Waals surface area (Å²) in [6, 6.07) is 17.1. The summed E-state index contributed by atoms with van der Waals surface area (Å²) in [4.78, 5) is 36.2. The number of unbranched alkanes of at least 4 members (excludes halogenated alkanes) is 1. The number of ether oxygens (including phenoxy) is 2. The molecule has 38 heavy (non-hydrogen) atoms. The van der Waals surface area contributed by atoms with E-state index in [2.05, 4.69) is 28.1 Å². The highest BCUT2D eigenvalue weighted by Crippen LogP contribution is 2.19. The number of hydrazone groups is 1. The molecule has 0 unspecified atom stereocenters. The molecule has 0 aliphatic carbocycles. The molecule has 0 aliphatic rings. The van der Waals surface area contributed by atoms with Crippen molar-refractivity contribution in [3.63, 3.8) is 0 Å². The molecule has 0 spiro atoms. The van der Waals surface area contributed by atoms with Crippen LogP contribution in [0.15, 0.2) is 71.8 Å². The minimum atomic E-state index is -0.950. The number of carbonyl (C=O) groups is 3. The van der Waals surface area contributed by atoms with E-state index in [4.69, 9.17) is 21.1 Å². The standard InChI is InChI=1S/C27H26ClFN4O5/c1-2-3-13-37-21-10-7-19(8-11-21)32-26(35)27(36)33-30-16-18-5-4-6-22(14-18)38-17-25(34)31-20-9-12-24(29)23(28)15-20/h4-12,14-16H,2-3,13,17H2,1H3,(H,31,34)(H,32,35)(H,33,36)/b30-16-. The van der Waals surface area contributed by atoms with Gasteiger partial charge in [-0.2, -0.15) is 5.10 Å². The molecule has 0 bridgehead atoms. The molecule has 3 rings (SSSR count). The fourth-order valence-corrected chi connectivity index (χ4v) is 3.16. The van der Waals surface area contributed by atoms with Gasteiger partial charge < -0.3 is 20.1 Å². The van der Waals surface area contributed by atoms with Crippen LogP contribution in [0.25, 0.3) is 0 Å². The summed E-state index contributed by atoms with van der Waals surface area (Å²) < 4.78 is 24.3. The first kappa shape index (κ1) is 28.1. The third-order valence-electron chi connectivity index (χ3n) is 4.90. The molecule has 0 radical (unpaired) electrons. The lowest BCUT2D eigenvalue weighted by atomic mass is 10.2. The summed E-state index contributed by atoms with van der Waals surface area (Å²) >= 11 is 5.70. The first-order valence-corrected chi connectivity index (χ1v) is 12.1. The Kier molecular flexibility index (Phi) is 10.6. The lowest BCUT2D eigenvalue weighted by molar-refractivity contribution is -0.136. The van der Waals surface area contributed by atoms with E-state index in [0.29, 0.717) is 35.0 Å². The van der Waals surface area contributed by atoms with E-state index < -0.39 is 23.5 Å². The summed E-state index contributed by atoms with van der Waals surface area (Å²) in [7, 11) is 0. The van der Waals surface area contributed by atoms with Crippen LogP contribution in [0.5, 0.6) is 11.5 Å². The van der Waals surface area contributed by atoms with Crippen LogP contribution in [-0.2, 0) is 14.4 Å². The maximum absolute atomic E-state index is 13.2. The average Bonchev–Trinajstić information content (AvgIpc) is 2.91. The van der Waals surface area contributed by atoms with Crippen LogP contribution in [0.4, 0.5) is 15.8 Å². The molecule has 0 atom stereocenters. The number of carbonyl (C=O) groups excluding carboxylic acids is 3. The molecule has 0 aliphatic heterocycles. The zero-order valence-corrected chi connectivity index (χ0v) is 21.3. The lowest BCUT2D eigenvalue weighted by Gasteiger charge is -2.08. The van der Waals surface area contributed by atoms with Crippen LogP contribution in [0, 0.1) is 5.82 Å². The zero-order valence-electron chi connectivity index (χ0n) is 20.5. The summed E-state index contributed by atoms with van der Waals surface area (Å²) in [5, 5.41) is 8.70. The second-order valence-corrected chi connectivity index (χ2v) is 8.33. The summed E-state index contributed by atoms with van der Waals surface area (Å²) in [6.07, 6.45) is 3.30. The van der Waals surface area contributed by atoms with Gasteiger partial charge in [0, 0.05) is 11.4 Å². The number of amides is 3. The highest BCUT2D eigenvalue weighted by molar-refractivity contribution is 6.39. The van der Waals surface area contributed by atoms with Crippen molar-refractivity contribution in [1.29, 1.82) is 0 Å². The molecule has 3 amide bonds. The van der Waals surface area contributed by atoms with Crippen molar-refractivity contribution in [3.8, 4) is 11.5 Å². The molecule has 0 fully saturated rings. The third-order valence-corrected chi connectivity index (χ3v) is 5.19. The highest BCUT2D eigenvalue weighted by Gasteiger charge is 2.13. The second kappa shape index (κ2) is 14.3. The number of hydrogen-bond donors (Lipinski definition) is 3. The number of rotatable bonds is 11. The Morgan fingerprint density at radius 3 is 2.42 bits per heavy atom. The molecule has 11 heteroatoms. The van der Waals surface area contributed by atoms with Gasteiger partial charge in [-0.1, -0.05) is 37.1 Å². The minimum absolute atomic E-state index is 0.109. The van der Waals surface area contributed by atoms with Crippen molar-refractivity contribution in [2.45, 2.75) is 19.8 Å². The molecule has 3 aromatic carbocycles. The Bertz CT molecular complexity index is 1300. The second-order valence-electron chi connectivity index (χ2n) is 7.92. The van der Waals surface area contributed by atoms with Gasteiger partial charge in [0.2, 0.25) is 0 Å². The van der Waals surface area contributed by atoms with Crippen molar-refractivity contribution in [3.05, 3.63) is 83.1 Å². The van der Waals surface area contributed by atoms with Gasteiger partial charge in [-0.3, -0.25) is 14.4 Å². The molecular formula is C27H26ClFN4O5. The van der Waals surface area contributed by atoms with Crippen LogP contribution in [0.1, 0.15) is 25.3 Å². The first-order valence-electron chi connectivity index (χ1n) is 11.7. The molecule has 0 heterocycles. The Labute approximate surface area is 224 Å². The third kappa shape index (κ3) is 9.21. The van der Waals surface area contributed by atoms with E-state index in [1.807, 2.05) is 0 Å². The summed E-state index contributed by atoms with van der Waals surface area (Å²) in [5.74, 6) is -1.84. The molecular weight excluding hydrogens is 515 g/mol. The highest BCUT2D eigenvalue weighted by atomic mass is 35.5. The van der Waals surface area contributed by atoms with E-state index in [0.717, 1.165) is 18.9 Å². The maximum Gasteiger partial charge on any atom is 0.329 e. The van der Waals surface area contributed by atoms with Gasteiger partial charge in [-0.15, -0.1) is 0 Å². The fourth-order valence-electron chi connectivity index (χ4n) is 2.98. The molecule has 3 aromatic rings. The monoisotopic (exact) mass is 540 g/mol. The Hall–Kier alpha value is -4.44. The Morgan fingerprint density at radius 2 is 1.68 bits per heavy atom. The van der Waals surface area contributed by atoms with Crippen LogP contribution < -0.4 is 25.5 Å². The first-order chi connectivity index (χ1) is 18.3. The quantitative estimate of drug-likeness (QED) is 0.140. The average molecular weight is 541 g/mol. The number of nitrogens with one attached hydrogen (secondary N) is 3. The number of hydrogen-bond acceptors (Lipinski definition) is 6. The predicted molar refractivity (Wildman–Crippen MR) is 143 cm³/mol. The van der Waals surface area contributed by atoms with Gasteiger partial charge in [0.05, 0.1) is 17.8 Å². The van der Waals surface area contributed by atoms with Gasteiger partial charge in [0.15, 0.2) is 6.61 Å². The fraction of sp³-hybridized carbons (Fsp3) is 0.185.